The average molecular weight is 366 g/mol. The first-order chi connectivity index (χ1) is 9.18. The van der Waals surface area contributed by atoms with Gasteiger partial charge in [-0.1, -0.05) is 22.9 Å². The van der Waals surface area contributed by atoms with Gasteiger partial charge in [0.2, 0.25) is 10.0 Å². The first kappa shape index (κ1) is 17.1. The van der Waals surface area contributed by atoms with Gasteiger partial charge in [-0.25, -0.2) is 13.1 Å². The van der Waals surface area contributed by atoms with Crippen molar-refractivity contribution >= 4 is 31.9 Å². The molecule has 1 atom stereocenters. The van der Waals surface area contributed by atoms with Crippen molar-refractivity contribution in [2.45, 2.75) is 18.2 Å². The van der Waals surface area contributed by atoms with Crippen LogP contribution in [0.3, 0.4) is 0 Å². The van der Waals surface area contributed by atoms with Crippen molar-refractivity contribution in [3.63, 3.8) is 0 Å². The highest BCUT2D eigenvalue weighted by Gasteiger charge is 2.29. The quantitative estimate of drug-likeness (QED) is 0.673. The van der Waals surface area contributed by atoms with Crippen molar-refractivity contribution in [3.8, 4) is 0 Å². The van der Waals surface area contributed by atoms with Gasteiger partial charge in [0.25, 0.3) is 0 Å². The summed E-state index contributed by atoms with van der Waals surface area (Å²) in [5, 5.41) is 18.0. The fourth-order valence-corrected chi connectivity index (χ4v) is 2.97. The van der Waals surface area contributed by atoms with Crippen molar-refractivity contribution in [3.05, 3.63) is 28.7 Å². The van der Waals surface area contributed by atoms with Crippen LogP contribution in [0.25, 0.3) is 0 Å². The Labute approximate surface area is 126 Å². The minimum absolute atomic E-state index is 0.0799. The van der Waals surface area contributed by atoms with Gasteiger partial charge >= 0.3 is 5.97 Å². The molecule has 0 heterocycles. The SMILES string of the molecule is CC(CO)(CNS(=O)(=O)c1ccc(Br)cc1)CC(=O)O. The van der Waals surface area contributed by atoms with E-state index in [2.05, 4.69) is 20.7 Å². The summed E-state index contributed by atoms with van der Waals surface area (Å²) in [6.45, 7) is 0.918. The molecular formula is C12H16BrNO5S. The fraction of sp³-hybridized carbons (Fsp3) is 0.417. The highest BCUT2D eigenvalue weighted by molar-refractivity contribution is 9.10. The van der Waals surface area contributed by atoms with Gasteiger partial charge in [0.05, 0.1) is 17.9 Å². The number of aliphatic carboxylic acids is 1. The number of carboxylic acids is 1. The summed E-state index contributed by atoms with van der Waals surface area (Å²) >= 11 is 3.21. The van der Waals surface area contributed by atoms with Crippen molar-refractivity contribution in [2.24, 2.45) is 5.41 Å². The van der Waals surface area contributed by atoms with E-state index in [9.17, 15) is 18.3 Å². The maximum atomic E-state index is 12.0. The molecule has 8 heteroatoms. The normalized spacial score (nSPS) is 14.8. The molecule has 0 radical (unpaired) electrons. The maximum absolute atomic E-state index is 12.0. The molecule has 1 aromatic carbocycles. The Hall–Kier alpha value is -0.960. The standard InChI is InChI=1S/C12H16BrNO5S/c1-12(8-15,6-11(16)17)7-14-20(18,19)10-4-2-9(13)3-5-10/h2-5,14-15H,6-8H2,1H3,(H,16,17). The predicted octanol–water partition coefficient (Wildman–Crippen LogP) is 1.20. The molecule has 6 nitrogen and oxygen atoms in total. The van der Waals surface area contributed by atoms with Gasteiger partial charge in [0.1, 0.15) is 0 Å². The van der Waals surface area contributed by atoms with E-state index < -0.39 is 28.0 Å². The number of hydrogen-bond acceptors (Lipinski definition) is 4. The van der Waals surface area contributed by atoms with Crippen molar-refractivity contribution < 1.29 is 23.4 Å². The number of rotatable bonds is 7. The zero-order valence-corrected chi connectivity index (χ0v) is 13.2. The van der Waals surface area contributed by atoms with E-state index in [1.807, 2.05) is 0 Å². The number of halogens is 1. The third-order valence-electron chi connectivity index (χ3n) is 2.77. The number of nitrogens with one attached hydrogen (secondary N) is 1. The summed E-state index contributed by atoms with van der Waals surface area (Å²) in [6.07, 6.45) is -0.327. The van der Waals surface area contributed by atoms with Crippen LogP contribution in [0.4, 0.5) is 0 Å². The van der Waals surface area contributed by atoms with Crippen LogP contribution < -0.4 is 4.72 Å². The van der Waals surface area contributed by atoms with Gasteiger partial charge in [-0.05, 0) is 24.3 Å². The number of benzene rings is 1. The molecule has 0 spiro atoms. The molecule has 0 bridgehead atoms. The van der Waals surface area contributed by atoms with E-state index in [4.69, 9.17) is 5.11 Å². The summed E-state index contributed by atoms with van der Waals surface area (Å²) in [6, 6.07) is 6.05. The molecule has 1 rings (SSSR count). The summed E-state index contributed by atoms with van der Waals surface area (Å²) in [4.78, 5) is 10.8. The van der Waals surface area contributed by atoms with Gasteiger partial charge in [-0.3, -0.25) is 4.79 Å². The van der Waals surface area contributed by atoms with Gasteiger partial charge in [-0.2, -0.15) is 0 Å². The number of sulfonamides is 1. The molecule has 0 fully saturated rings. The molecular weight excluding hydrogens is 350 g/mol. The van der Waals surface area contributed by atoms with Gasteiger partial charge in [0.15, 0.2) is 0 Å². The van der Waals surface area contributed by atoms with E-state index in [-0.39, 0.29) is 17.9 Å². The zero-order chi connectivity index (χ0) is 15.4. The lowest BCUT2D eigenvalue weighted by Crippen LogP contribution is -2.39. The molecule has 1 unspecified atom stereocenters. The second kappa shape index (κ2) is 6.66. The summed E-state index contributed by atoms with van der Waals surface area (Å²) < 4.78 is 27.2. The van der Waals surface area contributed by atoms with Crippen molar-refractivity contribution in [1.82, 2.24) is 4.72 Å². The minimum atomic E-state index is -3.73. The molecule has 112 valence electrons. The second-order valence-electron chi connectivity index (χ2n) is 4.82. The Morgan fingerprint density at radius 1 is 1.35 bits per heavy atom. The molecule has 0 amide bonds. The number of aliphatic hydroxyl groups is 1. The van der Waals surface area contributed by atoms with Crippen LogP contribution >= 0.6 is 15.9 Å². The highest BCUT2D eigenvalue weighted by atomic mass is 79.9. The summed E-state index contributed by atoms with van der Waals surface area (Å²) in [5.74, 6) is -1.09. The second-order valence-corrected chi connectivity index (χ2v) is 7.50. The third kappa shape index (κ3) is 4.86. The first-order valence-electron chi connectivity index (χ1n) is 5.76. The van der Waals surface area contributed by atoms with Crippen LogP contribution in [0, 0.1) is 5.41 Å². The Bertz CT molecular complexity index is 572. The number of carboxylic acid groups (broad SMARTS) is 1. The molecule has 3 N–H and O–H groups in total. The monoisotopic (exact) mass is 365 g/mol. The van der Waals surface area contributed by atoms with Crippen molar-refractivity contribution in [1.29, 1.82) is 0 Å². The maximum Gasteiger partial charge on any atom is 0.304 e. The Balaban J connectivity index is 2.81. The molecule has 0 saturated carbocycles. The topological polar surface area (TPSA) is 104 Å². The molecule has 1 aromatic rings. The number of carbonyl (C=O) groups is 1. The highest BCUT2D eigenvalue weighted by Crippen LogP contribution is 2.21. The molecule has 0 aliphatic heterocycles. The first-order valence-corrected chi connectivity index (χ1v) is 8.04. The Morgan fingerprint density at radius 3 is 2.35 bits per heavy atom. The average Bonchev–Trinajstić information content (AvgIpc) is 2.36. The van der Waals surface area contributed by atoms with E-state index in [1.165, 1.54) is 19.1 Å². The van der Waals surface area contributed by atoms with Gasteiger partial charge in [-0.15, -0.1) is 0 Å². The molecule has 0 aliphatic rings. The van der Waals surface area contributed by atoms with E-state index in [1.54, 1.807) is 12.1 Å². The van der Waals surface area contributed by atoms with Crippen LogP contribution in [0.1, 0.15) is 13.3 Å². The lowest BCUT2D eigenvalue weighted by molar-refractivity contribution is -0.140. The van der Waals surface area contributed by atoms with Gasteiger partial charge < -0.3 is 10.2 Å². The van der Waals surface area contributed by atoms with E-state index in [0.717, 1.165) is 4.47 Å². The smallest absolute Gasteiger partial charge is 0.304 e. The van der Waals surface area contributed by atoms with Crippen LogP contribution in [-0.2, 0) is 14.8 Å². The van der Waals surface area contributed by atoms with Crippen LogP contribution in [-0.4, -0.2) is 37.8 Å². The van der Waals surface area contributed by atoms with Crippen LogP contribution in [0.2, 0.25) is 0 Å². The van der Waals surface area contributed by atoms with E-state index in [0.29, 0.717) is 0 Å². The number of hydrogen-bond donors (Lipinski definition) is 3. The predicted molar refractivity (Wildman–Crippen MR) is 76.8 cm³/mol. The van der Waals surface area contributed by atoms with Crippen LogP contribution in [0.15, 0.2) is 33.6 Å². The third-order valence-corrected chi connectivity index (χ3v) is 4.72. The molecule has 0 saturated heterocycles. The minimum Gasteiger partial charge on any atom is -0.481 e. The summed E-state index contributed by atoms with van der Waals surface area (Å²) in [7, 11) is -3.73. The van der Waals surface area contributed by atoms with Crippen LogP contribution in [0.5, 0.6) is 0 Å². The molecule has 0 aliphatic carbocycles. The zero-order valence-electron chi connectivity index (χ0n) is 10.8. The number of aliphatic hydroxyl groups excluding tert-OH is 1. The molecule has 20 heavy (non-hydrogen) atoms. The van der Waals surface area contributed by atoms with E-state index >= 15 is 0 Å². The summed E-state index contributed by atoms with van der Waals surface area (Å²) in [5.41, 5.74) is -1.05. The molecule has 0 aromatic heterocycles. The largest absolute Gasteiger partial charge is 0.481 e. The Morgan fingerprint density at radius 2 is 1.90 bits per heavy atom. The Kier molecular flexibility index (Phi) is 5.69. The lowest BCUT2D eigenvalue weighted by Gasteiger charge is -2.25. The fourth-order valence-electron chi connectivity index (χ4n) is 1.51. The van der Waals surface area contributed by atoms with Gasteiger partial charge in [0, 0.05) is 16.4 Å². The lowest BCUT2D eigenvalue weighted by atomic mass is 9.88. The van der Waals surface area contributed by atoms with Crippen molar-refractivity contribution in [2.75, 3.05) is 13.2 Å².